The molecule has 0 bridgehead atoms. The third kappa shape index (κ3) is 13.9. The van der Waals surface area contributed by atoms with E-state index in [1.807, 2.05) is 30.3 Å². The Labute approximate surface area is 306 Å². The maximum absolute atomic E-state index is 13.0. The Hall–Kier alpha value is -5.12. The molecule has 10 heteroatoms. The van der Waals surface area contributed by atoms with Crippen LogP contribution in [0, 0.1) is 0 Å². The highest BCUT2D eigenvalue weighted by Crippen LogP contribution is 2.27. The molecule has 0 heterocycles. The molecule has 0 N–H and O–H groups in total. The zero-order valence-electron chi connectivity index (χ0n) is 29.9. The molecule has 0 radical (unpaired) electrons. The molecule has 3 aromatic carbocycles. The van der Waals surface area contributed by atoms with Gasteiger partial charge in [-0.2, -0.15) is 0 Å². The number of carbonyl (C=O) groups excluding carboxylic acids is 4. The minimum absolute atomic E-state index is 0.232. The molecule has 1 aliphatic rings. The number of carbonyl (C=O) groups is 4. The van der Waals surface area contributed by atoms with Crippen molar-refractivity contribution in [2.45, 2.75) is 89.3 Å². The highest BCUT2D eigenvalue weighted by atomic mass is 16.6. The van der Waals surface area contributed by atoms with Crippen LogP contribution in [0.3, 0.4) is 0 Å². The summed E-state index contributed by atoms with van der Waals surface area (Å²) in [6.45, 7) is 8.70. The summed E-state index contributed by atoms with van der Waals surface area (Å²) < 4.78 is 33.2. The minimum Gasteiger partial charge on any atom is -0.494 e. The Bertz CT molecular complexity index is 1620. The second-order valence-electron chi connectivity index (χ2n) is 12.7. The third-order valence-corrected chi connectivity index (χ3v) is 8.74. The maximum atomic E-state index is 13.0. The molecule has 52 heavy (non-hydrogen) atoms. The third-order valence-electron chi connectivity index (χ3n) is 8.74. The van der Waals surface area contributed by atoms with Crippen molar-refractivity contribution in [1.82, 2.24) is 0 Å². The van der Waals surface area contributed by atoms with Crippen molar-refractivity contribution in [3.05, 3.63) is 97.1 Å². The lowest BCUT2D eigenvalue weighted by molar-refractivity contribution is -0.138. The summed E-state index contributed by atoms with van der Waals surface area (Å²) in [6, 6.07) is 18.2. The van der Waals surface area contributed by atoms with Gasteiger partial charge in [-0.25, -0.2) is 19.2 Å². The fourth-order valence-electron chi connectivity index (χ4n) is 5.79. The number of rotatable bonds is 22. The van der Waals surface area contributed by atoms with Crippen LogP contribution in [0.2, 0.25) is 0 Å². The van der Waals surface area contributed by atoms with Gasteiger partial charge in [-0.15, -0.1) is 0 Å². The van der Waals surface area contributed by atoms with Gasteiger partial charge in [0.1, 0.15) is 23.7 Å². The molecule has 1 saturated carbocycles. The lowest BCUT2D eigenvalue weighted by atomic mass is 9.94. The first-order valence-electron chi connectivity index (χ1n) is 18.2. The van der Waals surface area contributed by atoms with Crippen LogP contribution in [0.5, 0.6) is 11.5 Å². The van der Waals surface area contributed by atoms with Crippen molar-refractivity contribution in [3.63, 3.8) is 0 Å². The van der Waals surface area contributed by atoms with Crippen molar-refractivity contribution >= 4 is 34.6 Å². The van der Waals surface area contributed by atoms with Gasteiger partial charge in [0.05, 0.1) is 37.6 Å². The van der Waals surface area contributed by atoms with E-state index in [2.05, 4.69) is 13.2 Å². The highest BCUT2D eigenvalue weighted by molar-refractivity contribution is 5.96. The van der Waals surface area contributed by atoms with Gasteiger partial charge in [0, 0.05) is 12.2 Å². The Morgan fingerprint density at radius 1 is 0.519 bits per heavy atom. The van der Waals surface area contributed by atoms with Crippen LogP contribution >= 0.6 is 0 Å². The first-order valence-corrected chi connectivity index (χ1v) is 18.2. The van der Waals surface area contributed by atoms with E-state index in [1.54, 1.807) is 30.3 Å². The van der Waals surface area contributed by atoms with Crippen LogP contribution in [-0.4, -0.2) is 62.5 Å². The molecule has 3 aromatic rings. The van der Waals surface area contributed by atoms with Crippen molar-refractivity contribution in [2.75, 3.05) is 26.4 Å². The standard InChI is InChI=1S/C42H50O10/c1-3-39(43)49-27-11-7-5-9-25-47-35-18-15-31(16-19-35)41(45)51-36-21-23-37(24-22-36)52-42(46)34-14-13-33-30-38(20-17-32(33)29-34)48-26-10-6-8-12-28-50-40(44)4-2/h3-4,13-20,29-30,36-37H,1-2,5-12,21-28H2. The average Bonchev–Trinajstić information content (AvgIpc) is 3.17. The second kappa shape index (κ2) is 22.0. The van der Waals surface area contributed by atoms with Crippen LogP contribution in [0.15, 0.2) is 86.0 Å². The van der Waals surface area contributed by atoms with E-state index >= 15 is 0 Å². The molecule has 4 rings (SSSR count). The summed E-state index contributed by atoms with van der Waals surface area (Å²) in [6.07, 6.45) is 11.6. The zero-order valence-corrected chi connectivity index (χ0v) is 29.9. The Balaban J connectivity index is 1.10. The van der Waals surface area contributed by atoms with Gasteiger partial charge in [-0.1, -0.05) is 25.3 Å². The molecule has 0 saturated heterocycles. The van der Waals surface area contributed by atoms with Crippen LogP contribution in [-0.2, 0) is 28.5 Å². The topological polar surface area (TPSA) is 124 Å². The summed E-state index contributed by atoms with van der Waals surface area (Å²) in [4.78, 5) is 47.8. The average molecular weight is 715 g/mol. The monoisotopic (exact) mass is 714 g/mol. The number of unbranched alkanes of at least 4 members (excludes halogenated alkanes) is 6. The van der Waals surface area contributed by atoms with E-state index < -0.39 is 11.9 Å². The fraction of sp³-hybridized carbons (Fsp3) is 0.429. The molecular formula is C42H50O10. The molecule has 1 aliphatic carbocycles. The van der Waals surface area contributed by atoms with Gasteiger partial charge in [0.2, 0.25) is 0 Å². The first-order chi connectivity index (χ1) is 25.3. The fourth-order valence-corrected chi connectivity index (χ4v) is 5.79. The molecule has 0 spiro atoms. The number of fused-ring (bicyclic) bond motifs is 1. The Morgan fingerprint density at radius 2 is 0.942 bits per heavy atom. The SMILES string of the molecule is C=CC(=O)OCCCCCCOc1ccc(C(=O)OC2CCC(OC(=O)c3ccc4cc(OCCCCCCOC(=O)C=C)ccc4c3)CC2)cc1. The van der Waals surface area contributed by atoms with Crippen LogP contribution < -0.4 is 9.47 Å². The number of ether oxygens (including phenoxy) is 6. The van der Waals surface area contributed by atoms with Crippen LogP contribution in [0.1, 0.15) is 97.8 Å². The molecule has 10 nitrogen and oxygen atoms in total. The molecule has 0 unspecified atom stereocenters. The van der Waals surface area contributed by atoms with Crippen molar-refractivity contribution in [3.8, 4) is 11.5 Å². The van der Waals surface area contributed by atoms with Gasteiger partial charge in [0.25, 0.3) is 0 Å². The molecule has 0 aromatic heterocycles. The summed E-state index contributed by atoms with van der Waals surface area (Å²) >= 11 is 0. The molecule has 1 fully saturated rings. The molecule has 0 aliphatic heterocycles. The quantitative estimate of drug-likeness (QED) is 0.0433. The van der Waals surface area contributed by atoms with Crippen molar-refractivity contribution in [2.24, 2.45) is 0 Å². The highest BCUT2D eigenvalue weighted by Gasteiger charge is 2.27. The van der Waals surface area contributed by atoms with E-state index in [4.69, 9.17) is 28.4 Å². The summed E-state index contributed by atoms with van der Waals surface area (Å²) in [7, 11) is 0. The van der Waals surface area contributed by atoms with E-state index in [-0.39, 0.29) is 24.1 Å². The van der Waals surface area contributed by atoms with Gasteiger partial charge >= 0.3 is 23.9 Å². The molecule has 0 atom stereocenters. The number of esters is 4. The zero-order chi connectivity index (χ0) is 37.0. The van der Waals surface area contributed by atoms with Gasteiger partial charge in [-0.05, 0) is 136 Å². The van der Waals surface area contributed by atoms with Gasteiger partial charge in [-0.3, -0.25) is 0 Å². The lowest BCUT2D eigenvalue weighted by Gasteiger charge is -2.28. The summed E-state index contributed by atoms with van der Waals surface area (Å²) in [5, 5.41) is 1.89. The molecule has 278 valence electrons. The van der Waals surface area contributed by atoms with Gasteiger partial charge in [0.15, 0.2) is 0 Å². The number of hydrogen-bond donors (Lipinski definition) is 0. The Kier molecular flexibility index (Phi) is 16.7. The predicted molar refractivity (Wildman–Crippen MR) is 198 cm³/mol. The lowest BCUT2D eigenvalue weighted by Crippen LogP contribution is -2.29. The number of benzene rings is 3. The summed E-state index contributed by atoms with van der Waals surface area (Å²) in [5.74, 6) is -0.0758. The number of hydrogen-bond acceptors (Lipinski definition) is 10. The second-order valence-corrected chi connectivity index (χ2v) is 12.7. The summed E-state index contributed by atoms with van der Waals surface area (Å²) in [5.41, 5.74) is 0.951. The maximum Gasteiger partial charge on any atom is 0.338 e. The van der Waals surface area contributed by atoms with Crippen LogP contribution in [0.25, 0.3) is 10.8 Å². The van der Waals surface area contributed by atoms with E-state index in [0.29, 0.717) is 69.0 Å². The van der Waals surface area contributed by atoms with Crippen molar-refractivity contribution in [1.29, 1.82) is 0 Å². The largest absolute Gasteiger partial charge is 0.494 e. The first kappa shape index (κ1) is 39.7. The smallest absolute Gasteiger partial charge is 0.338 e. The van der Waals surface area contributed by atoms with Crippen molar-refractivity contribution < 1.29 is 47.6 Å². The van der Waals surface area contributed by atoms with E-state index in [9.17, 15) is 19.2 Å². The normalized spacial score (nSPS) is 15.2. The molecular weight excluding hydrogens is 664 g/mol. The van der Waals surface area contributed by atoms with E-state index in [1.165, 1.54) is 6.08 Å². The molecule has 0 amide bonds. The Morgan fingerprint density at radius 3 is 1.48 bits per heavy atom. The van der Waals surface area contributed by atoms with E-state index in [0.717, 1.165) is 74.0 Å². The van der Waals surface area contributed by atoms with Crippen LogP contribution in [0.4, 0.5) is 0 Å². The predicted octanol–water partition coefficient (Wildman–Crippen LogP) is 8.50. The van der Waals surface area contributed by atoms with Gasteiger partial charge < -0.3 is 28.4 Å². The minimum atomic E-state index is -0.397.